The summed E-state index contributed by atoms with van der Waals surface area (Å²) in [4.78, 5) is 0. The monoisotopic (exact) mass is 270 g/mol. The molecule has 0 aliphatic rings. The van der Waals surface area contributed by atoms with Crippen molar-refractivity contribution in [2.75, 3.05) is 0 Å². The minimum absolute atomic E-state index is 0.676. The van der Waals surface area contributed by atoms with Crippen molar-refractivity contribution in [3.63, 3.8) is 0 Å². The molecule has 82 valence electrons. The molecule has 0 saturated carbocycles. The summed E-state index contributed by atoms with van der Waals surface area (Å²) in [6.07, 6.45) is 5.92. The van der Waals surface area contributed by atoms with Crippen molar-refractivity contribution in [3.05, 3.63) is 16.9 Å². The van der Waals surface area contributed by atoms with E-state index in [2.05, 4.69) is 27.1 Å². The average molecular weight is 271 g/mol. The number of halogens is 1. The second-order valence-corrected chi connectivity index (χ2v) is 4.56. The molecule has 0 aromatic carbocycles. The zero-order valence-corrected chi connectivity index (χ0v) is 10.4. The molecule has 1 aromatic rings. The Morgan fingerprint density at radius 1 is 1.73 bits per heavy atom. The molecule has 0 aliphatic carbocycles. The molecule has 1 unspecified atom stereocenters. The van der Waals surface area contributed by atoms with Gasteiger partial charge in [-0.25, -0.2) is 0 Å². The molecular formula is C10H15BrN4. The molecular weight excluding hydrogens is 256 g/mol. The van der Waals surface area contributed by atoms with Gasteiger partial charge >= 0.3 is 0 Å². The predicted molar refractivity (Wildman–Crippen MR) is 62.0 cm³/mol. The molecule has 0 bridgehead atoms. The first-order valence-electron chi connectivity index (χ1n) is 4.98. The van der Waals surface area contributed by atoms with Crippen molar-refractivity contribution < 1.29 is 0 Å². The average Bonchev–Trinajstić information content (AvgIpc) is 2.64. The van der Waals surface area contributed by atoms with Crippen molar-refractivity contribution in [2.45, 2.75) is 38.3 Å². The van der Waals surface area contributed by atoms with E-state index in [4.69, 9.17) is 11.0 Å². The Hall–Kier alpha value is -0.860. The Morgan fingerprint density at radius 3 is 2.93 bits per heavy atom. The van der Waals surface area contributed by atoms with E-state index in [-0.39, 0.29) is 0 Å². The van der Waals surface area contributed by atoms with Crippen LogP contribution in [0.5, 0.6) is 0 Å². The van der Waals surface area contributed by atoms with Gasteiger partial charge < -0.3 is 5.73 Å². The number of aryl methyl sites for hydroxylation is 1. The number of nitrogens with zero attached hydrogens (tertiary/aromatic N) is 3. The Balaban J connectivity index is 2.37. The molecule has 1 atom stereocenters. The third-order valence-electron chi connectivity index (χ3n) is 2.47. The van der Waals surface area contributed by atoms with Crippen LogP contribution in [0.2, 0.25) is 0 Å². The van der Waals surface area contributed by atoms with Gasteiger partial charge in [0.1, 0.15) is 5.54 Å². The van der Waals surface area contributed by atoms with Crippen LogP contribution in [0.4, 0.5) is 0 Å². The number of hydrogen-bond acceptors (Lipinski definition) is 3. The van der Waals surface area contributed by atoms with E-state index in [0.29, 0.717) is 12.8 Å². The molecule has 15 heavy (non-hydrogen) atoms. The van der Waals surface area contributed by atoms with Crippen LogP contribution in [0.25, 0.3) is 0 Å². The number of hydrogen-bond donors (Lipinski definition) is 1. The second-order valence-electron chi connectivity index (χ2n) is 3.65. The maximum Gasteiger partial charge on any atom is 0.104 e. The highest BCUT2D eigenvalue weighted by atomic mass is 79.9. The smallest absolute Gasteiger partial charge is 0.104 e. The van der Waals surface area contributed by atoms with Crippen LogP contribution in [0.3, 0.4) is 0 Å². The fraction of sp³-hybridized carbons (Fsp3) is 0.600. The van der Waals surface area contributed by atoms with E-state index >= 15 is 0 Å². The van der Waals surface area contributed by atoms with Gasteiger partial charge in [-0.15, -0.1) is 0 Å². The van der Waals surface area contributed by atoms with Crippen LogP contribution in [0, 0.1) is 11.3 Å². The van der Waals surface area contributed by atoms with Crippen LogP contribution in [-0.4, -0.2) is 15.3 Å². The standard InChI is InChI=1S/C10H15BrN4/c1-2-10(13,8-12)4-3-5-15-7-9(11)6-14-15/h6-7H,2-5,13H2,1H3. The van der Waals surface area contributed by atoms with E-state index in [1.54, 1.807) is 6.20 Å². The number of nitriles is 1. The molecule has 0 radical (unpaired) electrons. The van der Waals surface area contributed by atoms with E-state index in [9.17, 15) is 0 Å². The molecule has 2 N–H and O–H groups in total. The molecule has 0 spiro atoms. The lowest BCUT2D eigenvalue weighted by Crippen LogP contribution is -2.37. The normalized spacial score (nSPS) is 14.5. The Kier molecular flexibility index (Phi) is 4.30. The summed E-state index contributed by atoms with van der Waals surface area (Å²) in [5, 5.41) is 13.0. The maximum absolute atomic E-state index is 8.88. The van der Waals surface area contributed by atoms with Gasteiger partial charge in [0.05, 0.1) is 16.7 Å². The van der Waals surface area contributed by atoms with Crippen LogP contribution in [0.15, 0.2) is 16.9 Å². The van der Waals surface area contributed by atoms with Gasteiger partial charge in [0.25, 0.3) is 0 Å². The van der Waals surface area contributed by atoms with E-state index in [0.717, 1.165) is 17.4 Å². The minimum Gasteiger partial charge on any atom is -0.313 e. The highest BCUT2D eigenvalue weighted by Gasteiger charge is 2.20. The Morgan fingerprint density at radius 2 is 2.47 bits per heavy atom. The summed E-state index contributed by atoms with van der Waals surface area (Å²) >= 11 is 3.33. The topological polar surface area (TPSA) is 67.6 Å². The zero-order chi connectivity index (χ0) is 11.3. The van der Waals surface area contributed by atoms with E-state index in [1.807, 2.05) is 17.8 Å². The van der Waals surface area contributed by atoms with Gasteiger partial charge in [0, 0.05) is 12.7 Å². The van der Waals surface area contributed by atoms with Gasteiger partial charge in [-0.1, -0.05) is 6.92 Å². The summed E-state index contributed by atoms with van der Waals surface area (Å²) in [5.41, 5.74) is 5.19. The second kappa shape index (κ2) is 5.29. The third kappa shape index (κ3) is 3.65. The molecule has 0 fully saturated rings. The fourth-order valence-electron chi connectivity index (χ4n) is 1.33. The fourth-order valence-corrected chi connectivity index (χ4v) is 1.66. The molecule has 1 aromatic heterocycles. The van der Waals surface area contributed by atoms with Gasteiger partial charge in [0.2, 0.25) is 0 Å². The summed E-state index contributed by atoms with van der Waals surface area (Å²) in [6.45, 7) is 2.74. The molecule has 0 saturated heterocycles. The largest absolute Gasteiger partial charge is 0.313 e. The van der Waals surface area contributed by atoms with Crippen molar-refractivity contribution in [1.29, 1.82) is 5.26 Å². The molecule has 1 heterocycles. The SMILES string of the molecule is CCC(N)(C#N)CCCn1cc(Br)cn1. The van der Waals surface area contributed by atoms with Gasteiger partial charge in [-0.2, -0.15) is 10.4 Å². The van der Waals surface area contributed by atoms with Crippen molar-refractivity contribution in [3.8, 4) is 6.07 Å². The lowest BCUT2D eigenvalue weighted by Gasteiger charge is -2.18. The zero-order valence-electron chi connectivity index (χ0n) is 8.78. The first kappa shape index (κ1) is 12.2. The van der Waals surface area contributed by atoms with Gasteiger partial charge in [0.15, 0.2) is 0 Å². The quantitative estimate of drug-likeness (QED) is 0.891. The molecule has 0 aliphatic heterocycles. The Bertz CT molecular complexity index is 355. The number of rotatable bonds is 5. The first-order valence-corrected chi connectivity index (χ1v) is 5.77. The van der Waals surface area contributed by atoms with Gasteiger partial charge in [-0.05, 0) is 35.2 Å². The summed E-state index contributed by atoms with van der Waals surface area (Å²) < 4.78 is 2.81. The van der Waals surface area contributed by atoms with Crippen LogP contribution in [0.1, 0.15) is 26.2 Å². The van der Waals surface area contributed by atoms with Crippen LogP contribution >= 0.6 is 15.9 Å². The van der Waals surface area contributed by atoms with Crippen LogP contribution < -0.4 is 5.73 Å². The van der Waals surface area contributed by atoms with Gasteiger partial charge in [-0.3, -0.25) is 4.68 Å². The van der Waals surface area contributed by atoms with Crippen molar-refractivity contribution >= 4 is 15.9 Å². The minimum atomic E-state index is -0.676. The molecule has 0 amide bonds. The lowest BCUT2D eigenvalue weighted by molar-refractivity contribution is 0.434. The molecule has 5 heteroatoms. The highest BCUT2D eigenvalue weighted by Crippen LogP contribution is 2.14. The molecule has 1 rings (SSSR count). The summed E-state index contributed by atoms with van der Waals surface area (Å²) in [5.74, 6) is 0. The van der Waals surface area contributed by atoms with E-state index < -0.39 is 5.54 Å². The van der Waals surface area contributed by atoms with Crippen molar-refractivity contribution in [1.82, 2.24) is 9.78 Å². The number of aromatic nitrogens is 2. The Labute approximate surface area is 98.2 Å². The lowest BCUT2D eigenvalue weighted by atomic mass is 9.93. The predicted octanol–water partition coefficient (Wildman–Crippen LogP) is 2.06. The third-order valence-corrected chi connectivity index (χ3v) is 2.87. The van der Waals surface area contributed by atoms with E-state index in [1.165, 1.54) is 0 Å². The highest BCUT2D eigenvalue weighted by molar-refractivity contribution is 9.10. The number of nitrogens with two attached hydrogens (primary N) is 1. The summed E-state index contributed by atoms with van der Waals surface area (Å²) in [6, 6.07) is 2.16. The van der Waals surface area contributed by atoms with Crippen molar-refractivity contribution in [2.24, 2.45) is 5.73 Å². The molecule has 4 nitrogen and oxygen atoms in total. The maximum atomic E-state index is 8.88. The first-order chi connectivity index (χ1) is 7.09. The summed E-state index contributed by atoms with van der Waals surface area (Å²) in [7, 11) is 0. The van der Waals surface area contributed by atoms with Crippen LogP contribution in [-0.2, 0) is 6.54 Å².